The first-order valence-electron chi connectivity index (χ1n) is 10.9. The Kier molecular flexibility index (Phi) is 7.89. The average Bonchev–Trinajstić information content (AvgIpc) is 2.83. The molecule has 0 aliphatic carbocycles. The van der Waals surface area contributed by atoms with E-state index in [2.05, 4.69) is 19.7 Å². The SMILES string of the molecule is CC(C)n1c(=O)c(-c2ccc(NSCc3ccccc3F)cn2)cc2cnc(OSN(C)C)nc21. The van der Waals surface area contributed by atoms with E-state index in [1.165, 1.54) is 18.0 Å². The first-order chi connectivity index (χ1) is 16.8. The summed E-state index contributed by atoms with van der Waals surface area (Å²) < 4.78 is 25.8. The molecule has 0 saturated carbocycles. The lowest BCUT2D eigenvalue weighted by molar-refractivity contribution is 0.534. The van der Waals surface area contributed by atoms with Gasteiger partial charge in [0.25, 0.3) is 5.56 Å². The van der Waals surface area contributed by atoms with Gasteiger partial charge in [0.05, 0.1) is 23.1 Å². The van der Waals surface area contributed by atoms with Gasteiger partial charge in [-0.1, -0.05) is 18.2 Å². The predicted octanol–water partition coefficient (Wildman–Crippen LogP) is 5.34. The van der Waals surface area contributed by atoms with Gasteiger partial charge in [-0.2, -0.15) is 4.98 Å². The molecule has 0 aliphatic rings. The number of aromatic nitrogens is 4. The molecule has 182 valence electrons. The number of nitrogens with zero attached hydrogens (tertiary/aromatic N) is 5. The zero-order valence-electron chi connectivity index (χ0n) is 19.7. The van der Waals surface area contributed by atoms with Crippen molar-refractivity contribution in [3.8, 4) is 17.3 Å². The number of fused-ring (bicyclic) bond motifs is 1. The summed E-state index contributed by atoms with van der Waals surface area (Å²) >= 11 is 2.47. The van der Waals surface area contributed by atoms with E-state index in [9.17, 15) is 9.18 Å². The maximum absolute atomic E-state index is 13.8. The lowest BCUT2D eigenvalue weighted by atomic mass is 10.1. The summed E-state index contributed by atoms with van der Waals surface area (Å²) in [6, 6.07) is 12.1. The van der Waals surface area contributed by atoms with E-state index in [1.54, 1.807) is 45.5 Å². The lowest BCUT2D eigenvalue weighted by Gasteiger charge is -2.16. The van der Waals surface area contributed by atoms with Crippen molar-refractivity contribution in [2.24, 2.45) is 0 Å². The van der Waals surface area contributed by atoms with Crippen LogP contribution in [0, 0.1) is 5.82 Å². The van der Waals surface area contributed by atoms with E-state index in [0.717, 1.165) is 17.9 Å². The minimum Gasteiger partial charge on any atom is -0.372 e. The Hall–Kier alpha value is -3.15. The molecule has 0 saturated heterocycles. The minimum atomic E-state index is -0.230. The smallest absolute Gasteiger partial charge is 0.332 e. The summed E-state index contributed by atoms with van der Waals surface area (Å²) in [5, 5.41) is 0.708. The molecule has 35 heavy (non-hydrogen) atoms. The van der Waals surface area contributed by atoms with E-state index in [1.807, 2.05) is 40.1 Å². The monoisotopic (exact) mass is 512 g/mol. The predicted molar refractivity (Wildman–Crippen MR) is 141 cm³/mol. The maximum atomic E-state index is 13.8. The van der Waals surface area contributed by atoms with Crippen molar-refractivity contribution in [1.29, 1.82) is 0 Å². The van der Waals surface area contributed by atoms with Crippen molar-refractivity contribution in [3.05, 3.63) is 76.6 Å². The number of hydrogen-bond acceptors (Lipinski definition) is 9. The van der Waals surface area contributed by atoms with E-state index in [-0.39, 0.29) is 23.4 Å². The van der Waals surface area contributed by atoms with Crippen LogP contribution in [0.1, 0.15) is 25.5 Å². The van der Waals surface area contributed by atoms with Gasteiger partial charge in [-0.3, -0.25) is 14.3 Å². The molecule has 1 N–H and O–H groups in total. The van der Waals surface area contributed by atoms with Crippen molar-refractivity contribution < 1.29 is 8.57 Å². The highest BCUT2D eigenvalue weighted by atomic mass is 32.2. The Labute approximate surface area is 211 Å². The second-order valence-corrected chi connectivity index (χ2v) is 9.97. The second kappa shape index (κ2) is 11.1. The highest BCUT2D eigenvalue weighted by Gasteiger charge is 2.17. The molecule has 0 spiro atoms. The third-order valence-corrected chi connectivity index (χ3v) is 6.30. The van der Waals surface area contributed by atoms with Crippen LogP contribution >= 0.6 is 24.2 Å². The lowest BCUT2D eigenvalue weighted by Crippen LogP contribution is -2.25. The van der Waals surface area contributed by atoms with E-state index in [4.69, 9.17) is 4.18 Å². The van der Waals surface area contributed by atoms with E-state index >= 15 is 0 Å². The zero-order chi connectivity index (χ0) is 24.9. The molecule has 1 aromatic carbocycles. The molecule has 0 aliphatic heterocycles. The fraction of sp³-hybridized carbons (Fsp3) is 0.250. The Balaban J connectivity index is 1.58. The minimum absolute atomic E-state index is 0.134. The van der Waals surface area contributed by atoms with Gasteiger partial charge in [0.1, 0.15) is 23.7 Å². The van der Waals surface area contributed by atoms with Crippen molar-refractivity contribution in [2.45, 2.75) is 25.6 Å². The second-order valence-electron chi connectivity index (χ2n) is 8.14. The van der Waals surface area contributed by atoms with E-state index in [0.29, 0.717) is 33.6 Å². The standard InChI is InChI=1S/C24H25FN6O2S2/c1-15(2)31-22-17(12-27-24(28-22)33-35-30(3)4)11-19(23(31)32)21-10-9-18(13-26-21)29-34-14-16-7-5-6-8-20(16)25/h5-13,15,29H,14H2,1-4H3. The molecule has 3 aromatic heterocycles. The molecule has 11 heteroatoms. The largest absolute Gasteiger partial charge is 0.372 e. The summed E-state index contributed by atoms with van der Waals surface area (Å²) in [6.07, 6.45) is 3.30. The van der Waals surface area contributed by atoms with Gasteiger partial charge in [-0.15, -0.1) is 0 Å². The van der Waals surface area contributed by atoms with Gasteiger partial charge in [-0.25, -0.2) is 13.7 Å². The van der Waals surface area contributed by atoms with Crippen molar-refractivity contribution >= 4 is 40.9 Å². The molecule has 0 unspecified atom stereocenters. The fourth-order valence-electron chi connectivity index (χ4n) is 3.34. The van der Waals surface area contributed by atoms with Crippen molar-refractivity contribution in [1.82, 2.24) is 23.8 Å². The summed E-state index contributed by atoms with van der Waals surface area (Å²) in [7, 11) is 3.69. The Morgan fingerprint density at radius 3 is 2.63 bits per heavy atom. The van der Waals surface area contributed by atoms with E-state index < -0.39 is 0 Å². The van der Waals surface area contributed by atoms with Crippen LogP contribution in [0.2, 0.25) is 0 Å². The van der Waals surface area contributed by atoms with Crippen LogP contribution in [0.4, 0.5) is 10.1 Å². The fourth-order valence-corrected chi connectivity index (χ4v) is 4.39. The first kappa shape index (κ1) is 25.0. The molecule has 4 rings (SSSR count). The Morgan fingerprint density at radius 2 is 1.94 bits per heavy atom. The maximum Gasteiger partial charge on any atom is 0.332 e. The number of nitrogens with one attached hydrogen (secondary N) is 1. The molecular formula is C24H25FN6O2S2. The van der Waals surface area contributed by atoms with Crippen LogP contribution in [0.25, 0.3) is 22.3 Å². The highest BCUT2D eigenvalue weighted by molar-refractivity contribution is 7.99. The van der Waals surface area contributed by atoms with Gasteiger partial charge >= 0.3 is 6.01 Å². The number of rotatable bonds is 9. The number of benzene rings is 1. The molecular weight excluding hydrogens is 487 g/mol. The van der Waals surface area contributed by atoms with Gasteiger partial charge < -0.3 is 8.91 Å². The van der Waals surface area contributed by atoms with Crippen LogP contribution in [0.3, 0.4) is 0 Å². The third-order valence-electron chi connectivity index (χ3n) is 4.94. The van der Waals surface area contributed by atoms with Gasteiger partial charge in [0.15, 0.2) is 0 Å². The number of hydrogen-bond donors (Lipinski definition) is 1. The molecule has 3 heterocycles. The normalized spacial score (nSPS) is 11.4. The molecule has 4 aromatic rings. The van der Waals surface area contributed by atoms with Crippen LogP contribution in [0.5, 0.6) is 6.01 Å². The van der Waals surface area contributed by atoms with Crippen LogP contribution in [-0.2, 0) is 5.75 Å². The van der Waals surface area contributed by atoms with Crippen LogP contribution in [0.15, 0.2) is 59.7 Å². The summed E-state index contributed by atoms with van der Waals surface area (Å²) in [5.74, 6) is 0.240. The zero-order valence-corrected chi connectivity index (χ0v) is 21.4. The summed E-state index contributed by atoms with van der Waals surface area (Å²) in [5.41, 5.74) is 2.68. The number of pyridine rings is 2. The van der Waals surface area contributed by atoms with Crippen LogP contribution < -0.4 is 14.5 Å². The van der Waals surface area contributed by atoms with Crippen LogP contribution in [-0.4, -0.2) is 37.9 Å². The molecule has 8 nitrogen and oxygen atoms in total. The summed E-state index contributed by atoms with van der Waals surface area (Å²) in [6.45, 7) is 3.85. The number of halogens is 1. The summed E-state index contributed by atoms with van der Waals surface area (Å²) in [4.78, 5) is 26.6. The molecule has 0 fully saturated rings. The Bertz CT molecular complexity index is 1380. The van der Waals surface area contributed by atoms with Crippen molar-refractivity contribution in [3.63, 3.8) is 0 Å². The Morgan fingerprint density at radius 1 is 1.14 bits per heavy atom. The van der Waals surface area contributed by atoms with Gasteiger partial charge in [-0.05, 0) is 55.6 Å². The third kappa shape index (κ3) is 5.92. The van der Waals surface area contributed by atoms with Crippen molar-refractivity contribution in [2.75, 3.05) is 18.8 Å². The average molecular weight is 513 g/mol. The molecule has 0 amide bonds. The highest BCUT2D eigenvalue weighted by Crippen LogP contribution is 2.25. The molecule has 0 bridgehead atoms. The first-order valence-corrected chi connectivity index (χ1v) is 12.5. The van der Waals surface area contributed by atoms with Gasteiger partial charge in [0.2, 0.25) is 0 Å². The molecule has 0 atom stereocenters. The quantitative estimate of drug-likeness (QED) is 0.236. The van der Waals surface area contributed by atoms with Gasteiger partial charge in [0, 0.05) is 37.5 Å². The number of anilines is 1. The molecule has 0 radical (unpaired) electrons. The topological polar surface area (TPSA) is 85.2 Å².